The molecule has 0 N–H and O–H groups in total. The SMILES string of the molecule is O=C(OC1C2CCC2C2CC21)c1ccc([N+](=O)[O-])cc1[N+](=O)[O-]. The van der Waals surface area contributed by atoms with Crippen molar-refractivity contribution >= 4 is 17.3 Å². The van der Waals surface area contributed by atoms with Gasteiger partial charge in [0.1, 0.15) is 11.7 Å². The number of ether oxygens (including phenoxy) is 1. The molecule has 1 aromatic rings. The number of hydrogen-bond acceptors (Lipinski definition) is 6. The van der Waals surface area contributed by atoms with E-state index in [1.165, 1.54) is 6.42 Å². The predicted molar refractivity (Wildman–Crippen MR) is 76.8 cm³/mol. The van der Waals surface area contributed by atoms with Gasteiger partial charge in [0, 0.05) is 6.07 Å². The second kappa shape index (κ2) is 4.74. The van der Waals surface area contributed by atoms with Gasteiger partial charge < -0.3 is 4.74 Å². The third kappa shape index (κ3) is 2.08. The highest BCUT2D eigenvalue weighted by Gasteiger charge is 2.64. The van der Waals surface area contributed by atoms with Crippen molar-refractivity contribution < 1.29 is 19.4 Å². The fourth-order valence-electron chi connectivity index (χ4n) is 4.23. The van der Waals surface area contributed by atoms with Gasteiger partial charge in [-0.05, 0) is 49.0 Å². The van der Waals surface area contributed by atoms with Crippen LogP contribution in [0.3, 0.4) is 0 Å². The number of non-ortho nitro benzene ring substituents is 1. The van der Waals surface area contributed by atoms with Gasteiger partial charge in [-0.15, -0.1) is 0 Å². The van der Waals surface area contributed by atoms with Crippen LogP contribution in [0, 0.1) is 43.9 Å². The van der Waals surface area contributed by atoms with Crippen LogP contribution in [0.4, 0.5) is 11.4 Å². The Hall–Kier alpha value is -2.51. The molecule has 3 aliphatic rings. The maximum Gasteiger partial charge on any atom is 0.345 e. The Morgan fingerprint density at radius 2 is 1.78 bits per heavy atom. The molecule has 0 spiro atoms. The van der Waals surface area contributed by atoms with E-state index in [2.05, 4.69) is 0 Å². The summed E-state index contributed by atoms with van der Waals surface area (Å²) in [6.45, 7) is 0. The molecule has 0 radical (unpaired) electrons. The van der Waals surface area contributed by atoms with Crippen molar-refractivity contribution in [3.05, 3.63) is 44.0 Å². The molecular formula is C15H14N2O6. The standard InChI is InChI=1S/C15H14N2O6/c18-15(23-14-9-4-3-8(9)11-6-12(11)14)10-2-1-7(16(19)20)5-13(10)17(21)22/h1-2,5,8-9,11-12,14H,3-4,6H2. The van der Waals surface area contributed by atoms with E-state index in [1.54, 1.807) is 0 Å². The Labute approximate surface area is 130 Å². The summed E-state index contributed by atoms with van der Waals surface area (Å²) in [4.78, 5) is 32.7. The van der Waals surface area contributed by atoms with Crippen LogP contribution in [0.15, 0.2) is 18.2 Å². The van der Waals surface area contributed by atoms with Crippen molar-refractivity contribution in [1.29, 1.82) is 0 Å². The zero-order valence-electron chi connectivity index (χ0n) is 12.1. The third-order valence-corrected chi connectivity index (χ3v) is 5.52. The molecule has 8 nitrogen and oxygen atoms in total. The molecule has 0 aliphatic heterocycles. The van der Waals surface area contributed by atoms with Crippen LogP contribution >= 0.6 is 0 Å². The summed E-state index contributed by atoms with van der Waals surface area (Å²) in [6, 6.07) is 3.00. The summed E-state index contributed by atoms with van der Waals surface area (Å²) in [5.74, 6) is 1.33. The highest BCUT2D eigenvalue weighted by atomic mass is 16.6. The van der Waals surface area contributed by atoms with E-state index >= 15 is 0 Å². The molecule has 1 aromatic carbocycles. The Bertz CT molecular complexity index is 733. The van der Waals surface area contributed by atoms with Gasteiger partial charge in [-0.3, -0.25) is 20.2 Å². The Morgan fingerprint density at radius 1 is 1.04 bits per heavy atom. The van der Waals surface area contributed by atoms with Crippen LogP contribution in [0.25, 0.3) is 0 Å². The van der Waals surface area contributed by atoms with Crippen molar-refractivity contribution in [3.8, 4) is 0 Å². The van der Waals surface area contributed by atoms with Crippen molar-refractivity contribution in [3.63, 3.8) is 0 Å². The number of benzene rings is 1. The first-order valence-corrected chi connectivity index (χ1v) is 7.61. The largest absolute Gasteiger partial charge is 0.458 e. The van der Waals surface area contributed by atoms with Crippen molar-refractivity contribution in [2.45, 2.75) is 25.4 Å². The van der Waals surface area contributed by atoms with Crippen LogP contribution in [-0.4, -0.2) is 21.9 Å². The second-order valence-corrected chi connectivity index (χ2v) is 6.55. The molecule has 0 aromatic heterocycles. The minimum Gasteiger partial charge on any atom is -0.458 e. The number of carbonyl (C=O) groups excluding carboxylic acids is 1. The van der Waals surface area contributed by atoms with Gasteiger partial charge in [-0.25, -0.2) is 4.79 Å². The average Bonchev–Trinajstić information content (AvgIpc) is 3.20. The lowest BCUT2D eigenvalue weighted by molar-refractivity contribution is -0.394. The van der Waals surface area contributed by atoms with E-state index in [0.717, 1.165) is 31.0 Å². The first-order chi connectivity index (χ1) is 11.0. The van der Waals surface area contributed by atoms with E-state index in [-0.39, 0.29) is 11.7 Å². The van der Waals surface area contributed by atoms with Crippen molar-refractivity contribution in [2.24, 2.45) is 23.7 Å². The molecular weight excluding hydrogens is 304 g/mol. The zero-order valence-corrected chi connectivity index (χ0v) is 12.1. The number of rotatable bonds is 4. The molecule has 4 rings (SSSR count). The molecule has 0 amide bonds. The molecule has 5 atom stereocenters. The number of hydrogen-bond donors (Lipinski definition) is 0. The molecule has 3 fully saturated rings. The number of nitrogens with zero attached hydrogens (tertiary/aromatic N) is 2. The van der Waals surface area contributed by atoms with E-state index in [1.807, 2.05) is 0 Å². The van der Waals surface area contributed by atoms with E-state index < -0.39 is 27.2 Å². The maximum atomic E-state index is 12.4. The Morgan fingerprint density at radius 3 is 2.35 bits per heavy atom. The minimum absolute atomic E-state index is 0.152. The van der Waals surface area contributed by atoms with Gasteiger partial charge in [0.2, 0.25) is 0 Å². The van der Waals surface area contributed by atoms with E-state index in [0.29, 0.717) is 23.7 Å². The van der Waals surface area contributed by atoms with Crippen molar-refractivity contribution in [1.82, 2.24) is 0 Å². The summed E-state index contributed by atoms with van der Waals surface area (Å²) < 4.78 is 5.56. The lowest BCUT2D eigenvalue weighted by Gasteiger charge is -2.36. The molecule has 23 heavy (non-hydrogen) atoms. The number of fused-ring (bicyclic) bond motifs is 3. The van der Waals surface area contributed by atoms with Crippen LogP contribution in [0.1, 0.15) is 29.6 Å². The normalized spacial score (nSPS) is 33.1. The fourth-order valence-corrected chi connectivity index (χ4v) is 4.23. The summed E-state index contributed by atoms with van der Waals surface area (Å²) in [6.07, 6.45) is 3.14. The number of nitro benzene ring substituents is 2. The average molecular weight is 318 g/mol. The molecule has 3 aliphatic carbocycles. The molecule has 0 saturated heterocycles. The molecule has 0 bridgehead atoms. The van der Waals surface area contributed by atoms with Gasteiger partial charge in [0.15, 0.2) is 0 Å². The van der Waals surface area contributed by atoms with Gasteiger partial charge >= 0.3 is 5.97 Å². The number of carbonyl (C=O) groups is 1. The quantitative estimate of drug-likeness (QED) is 0.479. The van der Waals surface area contributed by atoms with Gasteiger partial charge in [-0.2, -0.15) is 0 Å². The highest BCUT2D eigenvalue weighted by Crippen LogP contribution is 2.66. The lowest BCUT2D eigenvalue weighted by atomic mass is 9.72. The number of esters is 1. The van der Waals surface area contributed by atoms with E-state index in [4.69, 9.17) is 4.74 Å². The van der Waals surface area contributed by atoms with Gasteiger partial charge in [0.25, 0.3) is 11.4 Å². The van der Waals surface area contributed by atoms with E-state index in [9.17, 15) is 25.0 Å². The topological polar surface area (TPSA) is 113 Å². The smallest absolute Gasteiger partial charge is 0.345 e. The third-order valence-electron chi connectivity index (χ3n) is 5.52. The molecule has 3 saturated carbocycles. The van der Waals surface area contributed by atoms with Crippen LogP contribution < -0.4 is 0 Å². The van der Waals surface area contributed by atoms with Crippen LogP contribution in [-0.2, 0) is 4.74 Å². The first kappa shape index (κ1) is 14.1. The molecule has 5 unspecified atom stereocenters. The fraction of sp³-hybridized carbons (Fsp3) is 0.533. The van der Waals surface area contributed by atoms with Gasteiger partial charge in [-0.1, -0.05) is 0 Å². The first-order valence-electron chi connectivity index (χ1n) is 7.61. The Kier molecular flexibility index (Phi) is 2.91. The van der Waals surface area contributed by atoms with Crippen molar-refractivity contribution in [2.75, 3.05) is 0 Å². The number of nitro groups is 2. The Balaban J connectivity index is 1.58. The summed E-state index contributed by atoms with van der Waals surface area (Å²) >= 11 is 0. The molecule has 8 heteroatoms. The zero-order chi connectivity index (χ0) is 16.3. The maximum absolute atomic E-state index is 12.4. The monoisotopic (exact) mass is 318 g/mol. The minimum atomic E-state index is -0.787. The highest BCUT2D eigenvalue weighted by molar-refractivity contribution is 5.94. The second-order valence-electron chi connectivity index (χ2n) is 6.55. The van der Waals surface area contributed by atoms with Gasteiger partial charge in [0.05, 0.1) is 15.9 Å². The predicted octanol–water partition coefficient (Wildman–Crippen LogP) is 2.70. The lowest BCUT2D eigenvalue weighted by Crippen LogP contribution is -2.35. The summed E-state index contributed by atoms with van der Waals surface area (Å²) in [7, 11) is 0. The molecule has 120 valence electrons. The summed E-state index contributed by atoms with van der Waals surface area (Å²) in [5, 5.41) is 21.9. The van der Waals surface area contributed by atoms with Crippen LogP contribution in [0.5, 0.6) is 0 Å². The molecule has 0 heterocycles. The van der Waals surface area contributed by atoms with Crippen LogP contribution in [0.2, 0.25) is 0 Å². The summed E-state index contributed by atoms with van der Waals surface area (Å²) in [5.41, 5.74) is -1.23.